The molecule has 1 saturated heterocycles. The van der Waals surface area contributed by atoms with E-state index in [0.717, 1.165) is 31.5 Å². The maximum Gasteiger partial charge on any atom is 0.341 e. The first-order valence-electron chi connectivity index (χ1n) is 11.0. The van der Waals surface area contributed by atoms with Crippen molar-refractivity contribution in [1.29, 1.82) is 0 Å². The van der Waals surface area contributed by atoms with Crippen LogP contribution < -0.4 is 4.74 Å². The van der Waals surface area contributed by atoms with E-state index in [1.807, 2.05) is 13.1 Å². The highest BCUT2D eigenvalue weighted by Gasteiger charge is 2.46. The van der Waals surface area contributed by atoms with E-state index >= 15 is 0 Å². The summed E-state index contributed by atoms with van der Waals surface area (Å²) in [5, 5.41) is 16.3. The van der Waals surface area contributed by atoms with E-state index < -0.39 is 6.04 Å². The summed E-state index contributed by atoms with van der Waals surface area (Å²) in [7, 11) is 3.91. The molecule has 0 aliphatic carbocycles. The summed E-state index contributed by atoms with van der Waals surface area (Å²) in [6.07, 6.45) is 1.81. The number of nitrogens with zero attached hydrogens (tertiary/aromatic N) is 4. The Hall–Kier alpha value is -2.84. The molecule has 176 valence electrons. The molecule has 0 saturated carbocycles. The summed E-state index contributed by atoms with van der Waals surface area (Å²) < 4.78 is 20.0. The molecule has 0 radical (unpaired) electrons. The standard InChI is InChI=1S/C24H27FN4O3.ClH/c1-27-10-8-17(9-11-27)28(2)24(31)29-23(15-4-3-5-18(30)12-15)20-14-32-21-7-6-16(25)13-19(21)22(20)26-29;/h3-7,12-13,17,20,23,30H,8-11,14H2,1-2H3;1H/t20-,23+;/m1./s1. The van der Waals surface area contributed by atoms with Gasteiger partial charge in [-0.05, 0) is 68.9 Å². The Labute approximate surface area is 198 Å². The Balaban J connectivity index is 0.00000259. The van der Waals surface area contributed by atoms with Crippen LogP contribution in [0.4, 0.5) is 9.18 Å². The molecular weight excluding hydrogens is 447 g/mol. The van der Waals surface area contributed by atoms with Gasteiger partial charge in [0.1, 0.15) is 17.3 Å². The second-order valence-electron chi connectivity index (χ2n) is 8.86. The van der Waals surface area contributed by atoms with Crippen molar-refractivity contribution in [3.8, 4) is 11.5 Å². The van der Waals surface area contributed by atoms with Crippen LogP contribution in [0.15, 0.2) is 47.6 Å². The molecule has 2 amide bonds. The van der Waals surface area contributed by atoms with Crippen molar-refractivity contribution in [2.24, 2.45) is 11.0 Å². The lowest BCUT2D eigenvalue weighted by atomic mass is 9.86. The molecule has 1 fully saturated rings. The molecule has 2 aromatic carbocycles. The second-order valence-corrected chi connectivity index (χ2v) is 8.86. The molecule has 0 bridgehead atoms. The van der Waals surface area contributed by atoms with E-state index in [9.17, 15) is 14.3 Å². The Morgan fingerprint density at radius 1 is 1.21 bits per heavy atom. The maximum atomic E-state index is 14.0. The summed E-state index contributed by atoms with van der Waals surface area (Å²) in [5.74, 6) is 0.0444. The number of carbonyl (C=O) groups excluding carboxylic acids is 1. The van der Waals surface area contributed by atoms with Gasteiger partial charge in [0.25, 0.3) is 0 Å². The van der Waals surface area contributed by atoms with Crippen LogP contribution in [-0.4, -0.2) is 71.5 Å². The van der Waals surface area contributed by atoms with E-state index in [0.29, 0.717) is 23.6 Å². The normalized spacial score (nSPS) is 22.5. The van der Waals surface area contributed by atoms with Crippen molar-refractivity contribution in [2.45, 2.75) is 24.9 Å². The van der Waals surface area contributed by atoms with Gasteiger partial charge >= 0.3 is 6.03 Å². The number of hydrogen-bond acceptors (Lipinski definition) is 5. The first kappa shape index (κ1) is 23.3. The predicted molar refractivity (Wildman–Crippen MR) is 126 cm³/mol. The lowest BCUT2D eigenvalue weighted by Gasteiger charge is -2.37. The number of phenols is 1. The number of fused-ring (bicyclic) bond motifs is 3. The third-order valence-electron chi connectivity index (χ3n) is 6.79. The number of urea groups is 1. The van der Waals surface area contributed by atoms with E-state index in [1.165, 1.54) is 17.1 Å². The highest BCUT2D eigenvalue weighted by molar-refractivity contribution is 6.07. The molecule has 33 heavy (non-hydrogen) atoms. The van der Waals surface area contributed by atoms with Gasteiger partial charge < -0.3 is 19.6 Å². The van der Waals surface area contributed by atoms with Gasteiger partial charge in [-0.1, -0.05) is 12.1 Å². The van der Waals surface area contributed by atoms with Crippen LogP contribution in [0.1, 0.15) is 30.0 Å². The molecule has 2 atom stereocenters. The van der Waals surface area contributed by atoms with E-state index in [2.05, 4.69) is 11.9 Å². The summed E-state index contributed by atoms with van der Waals surface area (Å²) in [4.78, 5) is 17.7. The quantitative estimate of drug-likeness (QED) is 0.717. The Bertz CT molecular complexity index is 1070. The summed E-state index contributed by atoms with van der Waals surface area (Å²) >= 11 is 0. The number of likely N-dealkylation sites (tertiary alicyclic amines) is 1. The number of rotatable bonds is 2. The summed E-state index contributed by atoms with van der Waals surface area (Å²) in [6, 6.07) is 10.7. The van der Waals surface area contributed by atoms with E-state index in [1.54, 1.807) is 29.2 Å². The van der Waals surface area contributed by atoms with Crippen molar-refractivity contribution in [2.75, 3.05) is 33.8 Å². The van der Waals surface area contributed by atoms with Gasteiger partial charge in [0.15, 0.2) is 0 Å². The molecule has 3 aliphatic rings. The summed E-state index contributed by atoms with van der Waals surface area (Å²) in [6.45, 7) is 2.20. The van der Waals surface area contributed by atoms with Crippen molar-refractivity contribution in [3.05, 3.63) is 59.4 Å². The summed E-state index contributed by atoms with van der Waals surface area (Å²) in [5.41, 5.74) is 1.98. The van der Waals surface area contributed by atoms with Crippen LogP contribution >= 0.6 is 12.4 Å². The SMILES string of the molecule is CN1CCC(N(C)C(=O)N2N=C3c4cc(F)ccc4OC[C@H]3[C@@H]2c2cccc(O)c2)CC1.Cl. The Morgan fingerprint density at radius 3 is 2.70 bits per heavy atom. The fourth-order valence-corrected chi connectivity index (χ4v) is 4.95. The highest BCUT2D eigenvalue weighted by Crippen LogP contribution is 2.43. The van der Waals surface area contributed by atoms with E-state index in [-0.39, 0.29) is 42.0 Å². The van der Waals surface area contributed by atoms with Gasteiger partial charge in [0, 0.05) is 18.7 Å². The molecular formula is C24H28ClFN4O3. The highest BCUT2D eigenvalue weighted by atomic mass is 35.5. The number of amides is 2. The minimum absolute atomic E-state index is 0. The van der Waals surface area contributed by atoms with Crippen molar-refractivity contribution in [1.82, 2.24) is 14.8 Å². The molecule has 5 rings (SSSR count). The van der Waals surface area contributed by atoms with Gasteiger partial charge in [-0.3, -0.25) is 0 Å². The van der Waals surface area contributed by atoms with Gasteiger partial charge in [0.2, 0.25) is 0 Å². The Kier molecular flexibility index (Phi) is 6.50. The fourth-order valence-electron chi connectivity index (χ4n) is 4.95. The fraction of sp³-hybridized carbons (Fsp3) is 0.417. The van der Waals surface area contributed by atoms with Gasteiger partial charge in [-0.25, -0.2) is 14.2 Å². The number of phenolic OH excluding ortho intramolecular Hbond substituents is 1. The van der Waals surface area contributed by atoms with Crippen molar-refractivity contribution in [3.63, 3.8) is 0 Å². The monoisotopic (exact) mass is 474 g/mol. The number of ether oxygens (including phenoxy) is 1. The molecule has 3 heterocycles. The minimum Gasteiger partial charge on any atom is -0.508 e. The average Bonchev–Trinajstić information content (AvgIpc) is 3.19. The largest absolute Gasteiger partial charge is 0.508 e. The molecule has 3 aliphatic heterocycles. The zero-order chi connectivity index (χ0) is 22.4. The number of hydrazone groups is 1. The molecule has 0 unspecified atom stereocenters. The molecule has 7 nitrogen and oxygen atoms in total. The minimum atomic E-state index is -0.449. The number of aromatic hydroxyl groups is 1. The molecule has 0 spiro atoms. The number of hydrogen-bond donors (Lipinski definition) is 1. The van der Waals surface area contributed by atoms with Crippen LogP contribution in [-0.2, 0) is 0 Å². The van der Waals surface area contributed by atoms with Gasteiger partial charge in [0.05, 0.1) is 24.3 Å². The molecule has 0 aromatic heterocycles. The zero-order valence-electron chi connectivity index (χ0n) is 18.6. The van der Waals surface area contributed by atoms with Gasteiger partial charge in [-0.2, -0.15) is 5.10 Å². The van der Waals surface area contributed by atoms with E-state index in [4.69, 9.17) is 9.84 Å². The first-order valence-corrected chi connectivity index (χ1v) is 11.0. The predicted octanol–water partition coefficient (Wildman–Crippen LogP) is 3.87. The van der Waals surface area contributed by atoms with Crippen LogP contribution in [0, 0.1) is 11.7 Å². The topological polar surface area (TPSA) is 68.6 Å². The Morgan fingerprint density at radius 2 is 1.97 bits per heavy atom. The lowest BCUT2D eigenvalue weighted by Crippen LogP contribution is -2.49. The molecule has 2 aromatic rings. The second kappa shape index (κ2) is 9.19. The zero-order valence-corrected chi connectivity index (χ0v) is 19.5. The van der Waals surface area contributed by atoms with Crippen molar-refractivity contribution < 1.29 is 19.0 Å². The number of halogens is 2. The lowest BCUT2D eigenvalue weighted by molar-refractivity contribution is 0.102. The van der Waals surface area contributed by atoms with Crippen molar-refractivity contribution >= 4 is 24.1 Å². The van der Waals surface area contributed by atoms with Crippen LogP contribution in [0.2, 0.25) is 0 Å². The van der Waals surface area contributed by atoms with Gasteiger partial charge in [-0.15, -0.1) is 12.4 Å². The first-order chi connectivity index (χ1) is 15.4. The number of piperidine rings is 1. The van der Waals surface area contributed by atoms with Crippen LogP contribution in [0.25, 0.3) is 0 Å². The number of benzene rings is 2. The third kappa shape index (κ3) is 4.25. The maximum absolute atomic E-state index is 14.0. The van der Waals surface area contributed by atoms with Crippen LogP contribution in [0.5, 0.6) is 11.5 Å². The average molecular weight is 475 g/mol. The molecule has 1 N–H and O–H groups in total. The third-order valence-corrected chi connectivity index (χ3v) is 6.79. The number of carbonyl (C=O) groups is 1. The smallest absolute Gasteiger partial charge is 0.341 e. The van der Waals surface area contributed by atoms with Crippen LogP contribution in [0.3, 0.4) is 0 Å². The molecule has 9 heteroatoms.